The first-order chi connectivity index (χ1) is 9.15. The molecule has 0 aliphatic carbocycles. The molecule has 19 heavy (non-hydrogen) atoms. The largest absolute Gasteiger partial charge is 0.356 e. The summed E-state index contributed by atoms with van der Waals surface area (Å²) in [5.41, 5.74) is 2.18. The molecule has 2 aromatic rings. The number of pyridine rings is 1. The Kier molecular flexibility index (Phi) is 3.48. The lowest BCUT2D eigenvalue weighted by molar-refractivity contribution is 0.404. The van der Waals surface area contributed by atoms with Crippen molar-refractivity contribution in [3.8, 4) is 0 Å². The second-order valence-electron chi connectivity index (χ2n) is 5.42. The highest BCUT2D eigenvalue weighted by atomic mass is 79.9. The number of anilines is 1. The Morgan fingerprint density at radius 1 is 1.32 bits per heavy atom. The number of nitrogens with zero attached hydrogens (tertiary/aromatic N) is 4. The van der Waals surface area contributed by atoms with Crippen LogP contribution in [0, 0.1) is 12.8 Å². The fourth-order valence-electron chi connectivity index (χ4n) is 2.85. The number of aryl methyl sites for hydroxylation is 1. The van der Waals surface area contributed by atoms with Crippen LogP contribution in [0.25, 0.3) is 5.65 Å². The normalized spacial score (nSPS) is 19.0. The molecule has 2 aromatic heterocycles. The maximum absolute atomic E-state index is 4.34. The van der Waals surface area contributed by atoms with Crippen molar-refractivity contribution in [2.45, 2.75) is 31.5 Å². The molecule has 1 fully saturated rings. The Morgan fingerprint density at radius 3 is 2.74 bits per heavy atom. The SMILES string of the molecule is Cc1cc(N2CCC(C(C)Br)CC2)n2ncnc2c1. The summed E-state index contributed by atoms with van der Waals surface area (Å²) < 4.78 is 1.95. The van der Waals surface area contributed by atoms with Gasteiger partial charge in [0.15, 0.2) is 5.65 Å². The summed E-state index contributed by atoms with van der Waals surface area (Å²) >= 11 is 3.71. The van der Waals surface area contributed by atoms with Crippen molar-refractivity contribution in [2.24, 2.45) is 5.92 Å². The minimum atomic E-state index is 0.610. The summed E-state index contributed by atoms with van der Waals surface area (Å²) in [5, 5.41) is 4.34. The summed E-state index contributed by atoms with van der Waals surface area (Å²) in [6, 6.07) is 4.28. The Morgan fingerprint density at radius 2 is 2.05 bits per heavy atom. The number of rotatable bonds is 2. The van der Waals surface area contributed by atoms with Gasteiger partial charge in [0.05, 0.1) is 0 Å². The topological polar surface area (TPSA) is 33.4 Å². The third-order valence-electron chi connectivity index (χ3n) is 4.02. The second-order valence-corrected chi connectivity index (χ2v) is 6.87. The van der Waals surface area contributed by atoms with E-state index >= 15 is 0 Å². The van der Waals surface area contributed by atoms with E-state index in [4.69, 9.17) is 0 Å². The van der Waals surface area contributed by atoms with E-state index in [9.17, 15) is 0 Å². The average Bonchev–Trinajstić information content (AvgIpc) is 2.85. The molecular formula is C14H19BrN4. The van der Waals surface area contributed by atoms with Crippen LogP contribution in [0.5, 0.6) is 0 Å². The molecule has 1 aliphatic rings. The van der Waals surface area contributed by atoms with E-state index in [-0.39, 0.29) is 0 Å². The molecule has 0 aromatic carbocycles. The number of piperidine rings is 1. The van der Waals surface area contributed by atoms with Gasteiger partial charge in [-0.1, -0.05) is 22.9 Å². The van der Waals surface area contributed by atoms with Crippen molar-refractivity contribution in [1.82, 2.24) is 14.6 Å². The summed E-state index contributed by atoms with van der Waals surface area (Å²) in [6.07, 6.45) is 4.10. The molecule has 3 rings (SSSR count). The first-order valence-corrected chi connectivity index (χ1v) is 7.76. The number of hydrogen-bond acceptors (Lipinski definition) is 3. The van der Waals surface area contributed by atoms with Crippen LogP contribution in [0.3, 0.4) is 0 Å². The highest BCUT2D eigenvalue weighted by Gasteiger charge is 2.24. The highest BCUT2D eigenvalue weighted by molar-refractivity contribution is 9.09. The van der Waals surface area contributed by atoms with Gasteiger partial charge in [-0.3, -0.25) is 0 Å². The highest BCUT2D eigenvalue weighted by Crippen LogP contribution is 2.28. The van der Waals surface area contributed by atoms with E-state index < -0.39 is 0 Å². The predicted octanol–water partition coefficient (Wildman–Crippen LogP) is 3.04. The van der Waals surface area contributed by atoms with Crippen LogP contribution in [-0.4, -0.2) is 32.5 Å². The summed E-state index contributed by atoms with van der Waals surface area (Å²) in [6.45, 7) is 6.56. The maximum atomic E-state index is 4.34. The van der Waals surface area contributed by atoms with Crippen LogP contribution < -0.4 is 4.90 Å². The molecule has 1 saturated heterocycles. The fourth-order valence-corrected chi connectivity index (χ4v) is 3.38. The first kappa shape index (κ1) is 12.9. The second kappa shape index (κ2) is 5.12. The molecule has 1 aliphatic heterocycles. The van der Waals surface area contributed by atoms with Gasteiger partial charge < -0.3 is 4.90 Å². The molecule has 0 bridgehead atoms. The fraction of sp³-hybridized carbons (Fsp3) is 0.571. The molecule has 0 N–H and O–H groups in total. The quantitative estimate of drug-likeness (QED) is 0.797. The Balaban J connectivity index is 1.87. The van der Waals surface area contributed by atoms with Crippen molar-refractivity contribution in [3.63, 3.8) is 0 Å². The van der Waals surface area contributed by atoms with Crippen molar-refractivity contribution in [3.05, 3.63) is 24.0 Å². The van der Waals surface area contributed by atoms with Crippen LogP contribution in [0.4, 0.5) is 5.82 Å². The third-order valence-corrected chi connectivity index (χ3v) is 4.77. The molecule has 1 unspecified atom stereocenters. The van der Waals surface area contributed by atoms with Crippen molar-refractivity contribution < 1.29 is 0 Å². The van der Waals surface area contributed by atoms with Crippen LogP contribution in [0.2, 0.25) is 0 Å². The summed E-state index contributed by atoms with van der Waals surface area (Å²) in [7, 11) is 0. The predicted molar refractivity (Wildman–Crippen MR) is 81.1 cm³/mol. The standard InChI is InChI=1S/C14H19BrN4/c1-10-7-13-16-9-17-19(13)14(8-10)18-5-3-12(4-6-18)11(2)15/h7-9,11-12H,3-6H2,1-2H3. The minimum absolute atomic E-state index is 0.610. The molecule has 102 valence electrons. The molecular weight excluding hydrogens is 304 g/mol. The molecule has 3 heterocycles. The van der Waals surface area contributed by atoms with Gasteiger partial charge >= 0.3 is 0 Å². The molecule has 1 atom stereocenters. The van der Waals surface area contributed by atoms with E-state index in [2.05, 4.69) is 56.9 Å². The third kappa shape index (κ3) is 2.48. The van der Waals surface area contributed by atoms with Crippen molar-refractivity contribution in [1.29, 1.82) is 0 Å². The molecule has 0 saturated carbocycles. The molecule has 0 amide bonds. The van der Waals surface area contributed by atoms with Crippen LogP contribution in [-0.2, 0) is 0 Å². The van der Waals surface area contributed by atoms with Gasteiger partial charge in [-0.2, -0.15) is 9.61 Å². The molecule has 0 radical (unpaired) electrons. The lowest BCUT2D eigenvalue weighted by Crippen LogP contribution is -2.37. The molecule has 4 nitrogen and oxygen atoms in total. The smallest absolute Gasteiger partial charge is 0.157 e. The number of alkyl halides is 1. The van der Waals surface area contributed by atoms with E-state index in [1.165, 1.54) is 24.2 Å². The Labute approximate surface area is 121 Å². The summed E-state index contributed by atoms with van der Waals surface area (Å²) in [4.78, 5) is 7.34. The van der Waals surface area contributed by atoms with Gasteiger partial charge in [0.1, 0.15) is 12.1 Å². The average molecular weight is 323 g/mol. The van der Waals surface area contributed by atoms with E-state index in [0.717, 1.165) is 24.7 Å². The zero-order valence-corrected chi connectivity index (χ0v) is 13.0. The molecule has 0 spiro atoms. The van der Waals surface area contributed by atoms with Crippen LogP contribution in [0.1, 0.15) is 25.3 Å². The lowest BCUT2D eigenvalue weighted by atomic mass is 9.94. The van der Waals surface area contributed by atoms with Gasteiger partial charge in [0, 0.05) is 17.9 Å². The zero-order valence-electron chi connectivity index (χ0n) is 11.4. The molecule has 5 heteroatoms. The summed E-state index contributed by atoms with van der Waals surface area (Å²) in [5.74, 6) is 1.96. The van der Waals surface area contributed by atoms with E-state index in [1.807, 2.05) is 4.52 Å². The number of hydrogen-bond donors (Lipinski definition) is 0. The zero-order chi connectivity index (χ0) is 13.4. The minimum Gasteiger partial charge on any atom is -0.356 e. The van der Waals surface area contributed by atoms with Gasteiger partial charge in [0.2, 0.25) is 0 Å². The van der Waals surface area contributed by atoms with Crippen LogP contribution in [0.15, 0.2) is 18.5 Å². The van der Waals surface area contributed by atoms with E-state index in [0.29, 0.717) is 4.83 Å². The van der Waals surface area contributed by atoms with Gasteiger partial charge in [-0.25, -0.2) is 4.98 Å². The number of halogens is 1. The van der Waals surface area contributed by atoms with Crippen molar-refractivity contribution >= 4 is 27.4 Å². The Bertz CT molecular complexity index is 570. The lowest BCUT2D eigenvalue weighted by Gasteiger charge is -2.34. The number of fused-ring (bicyclic) bond motifs is 1. The van der Waals surface area contributed by atoms with Crippen LogP contribution >= 0.6 is 15.9 Å². The van der Waals surface area contributed by atoms with Gasteiger partial charge in [-0.05, 0) is 43.4 Å². The number of aromatic nitrogens is 3. The first-order valence-electron chi connectivity index (χ1n) is 6.84. The van der Waals surface area contributed by atoms with E-state index in [1.54, 1.807) is 6.33 Å². The van der Waals surface area contributed by atoms with Gasteiger partial charge in [-0.15, -0.1) is 0 Å². The van der Waals surface area contributed by atoms with Crippen molar-refractivity contribution in [2.75, 3.05) is 18.0 Å². The monoisotopic (exact) mass is 322 g/mol. The Hall–Kier alpha value is -1.10. The maximum Gasteiger partial charge on any atom is 0.157 e. The van der Waals surface area contributed by atoms with Gasteiger partial charge in [0.25, 0.3) is 0 Å².